The van der Waals surface area contributed by atoms with Crippen LogP contribution in [0.15, 0.2) is 10.9 Å². The third-order valence-electron chi connectivity index (χ3n) is 3.72. The van der Waals surface area contributed by atoms with Gasteiger partial charge in [-0.25, -0.2) is 4.39 Å². The van der Waals surface area contributed by atoms with Gasteiger partial charge in [0.15, 0.2) is 5.82 Å². The van der Waals surface area contributed by atoms with Crippen LogP contribution in [0.4, 0.5) is 13.2 Å². The third kappa shape index (κ3) is 2.39. The third-order valence-corrected chi connectivity index (χ3v) is 3.72. The van der Waals surface area contributed by atoms with Crippen LogP contribution in [0.25, 0.3) is 11.0 Å². The molecule has 0 aromatic carbocycles. The Morgan fingerprint density at radius 1 is 1.22 bits per heavy atom. The maximum atomic E-state index is 13.8. The maximum absolute atomic E-state index is 13.8. The molecule has 4 unspecified atom stereocenters. The number of hydrogen-bond donors (Lipinski definition) is 4. The fourth-order valence-electron chi connectivity index (χ4n) is 2.52. The van der Waals surface area contributed by atoms with E-state index in [-0.39, 0.29) is 5.56 Å². The molecule has 1 aliphatic heterocycles. The molecule has 0 aliphatic carbocycles. The van der Waals surface area contributed by atoms with Crippen LogP contribution < -0.4 is 5.56 Å². The SMILES string of the molecule is O=c1[nH]c2nc(F)c(F)c(F)c2cc1C1OC(CO)C(O)C1O. The minimum atomic E-state index is -1.81. The predicted molar refractivity (Wildman–Crippen MR) is 69.0 cm³/mol. The summed E-state index contributed by atoms with van der Waals surface area (Å²) in [6.45, 7) is -0.615. The summed E-state index contributed by atoms with van der Waals surface area (Å²) in [6.07, 6.45) is -5.54. The molecule has 1 saturated heterocycles. The van der Waals surface area contributed by atoms with Gasteiger partial charge in [0.1, 0.15) is 30.1 Å². The molecule has 4 N–H and O–H groups in total. The van der Waals surface area contributed by atoms with Crippen LogP contribution in [0.2, 0.25) is 0 Å². The Balaban J connectivity index is 2.16. The zero-order chi connectivity index (χ0) is 16.9. The molecule has 2 aromatic rings. The second-order valence-electron chi connectivity index (χ2n) is 5.11. The van der Waals surface area contributed by atoms with Gasteiger partial charge in [-0.1, -0.05) is 0 Å². The van der Waals surface area contributed by atoms with Crippen molar-refractivity contribution in [3.63, 3.8) is 0 Å². The Labute approximate surface area is 126 Å². The average Bonchev–Trinajstić information content (AvgIpc) is 2.80. The highest BCUT2D eigenvalue weighted by molar-refractivity contribution is 5.76. The lowest BCUT2D eigenvalue weighted by Crippen LogP contribution is -2.33. The Bertz CT molecular complexity index is 827. The van der Waals surface area contributed by atoms with Crippen LogP contribution in [0.5, 0.6) is 0 Å². The van der Waals surface area contributed by atoms with Crippen LogP contribution in [-0.2, 0) is 4.74 Å². The first-order chi connectivity index (χ1) is 10.8. The van der Waals surface area contributed by atoms with Gasteiger partial charge in [-0.05, 0) is 6.07 Å². The summed E-state index contributed by atoms with van der Waals surface area (Å²) in [5.41, 5.74) is -1.71. The van der Waals surface area contributed by atoms with Gasteiger partial charge in [-0.3, -0.25) is 4.79 Å². The van der Waals surface area contributed by atoms with Gasteiger partial charge in [0.25, 0.3) is 11.5 Å². The van der Waals surface area contributed by atoms with Gasteiger partial charge in [0.2, 0.25) is 5.82 Å². The Morgan fingerprint density at radius 2 is 1.91 bits per heavy atom. The number of ether oxygens (including phenoxy) is 1. The van der Waals surface area contributed by atoms with Gasteiger partial charge in [0.05, 0.1) is 12.0 Å². The molecule has 0 amide bonds. The van der Waals surface area contributed by atoms with Crippen molar-refractivity contribution < 1.29 is 33.2 Å². The van der Waals surface area contributed by atoms with E-state index in [0.717, 1.165) is 6.07 Å². The smallest absolute Gasteiger partial charge is 0.255 e. The summed E-state index contributed by atoms with van der Waals surface area (Å²) >= 11 is 0. The molecule has 0 bridgehead atoms. The zero-order valence-electron chi connectivity index (χ0n) is 11.3. The van der Waals surface area contributed by atoms with E-state index in [4.69, 9.17) is 9.84 Å². The van der Waals surface area contributed by atoms with Crippen LogP contribution in [0.3, 0.4) is 0 Å². The number of aliphatic hydroxyl groups excluding tert-OH is 3. The highest BCUT2D eigenvalue weighted by Crippen LogP contribution is 2.33. The van der Waals surface area contributed by atoms with Crippen LogP contribution in [-0.4, -0.2) is 50.2 Å². The fraction of sp³-hybridized carbons (Fsp3) is 0.385. The van der Waals surface area contributed by atoms with E-state index in [1.807, 2.05) is 0 Å². The quantitative estimate of drug-likeness (QED) is 0.551. The van der Waals surface area contributed by atoms with Gasteiger partial charge in [0, 0.05) is 5.56 Å². The summed E-state index contributed by atoms with van der Waals surface area (Å²) in [5.74, 6) is -5.07. The van der Waals surface area contributed by atoms with E-state index in [2.05, 4.69) is 9.97 Å². The van der Waals surface area contributed by atoms with Crippen molar-refractivity contribution >= 4 is 11.0 Å². The van der Waals surface area contributed by atoms with Gasteiger partial charge in [-0.2, -0.15) is 13.8 Å². The van der Waals surface area contributed by atoms with E-state index in [0.29, 0.717) is 0 Å². The number of nitrogens with one attached hydrogen (secondary N) is 1. The van der Waals surface area contributed by atoms with Crippen molar-refractivity contribution in [2.24, 2.45) is 0 Å². The normalized spacial score (nSPS) is 27.7. The summed E-state index contributed by atoms with van der Waals surface area (Å²) in [7, 11) is 0. The van der Waals surface area contributed by atoms with Gasteiger partial charge < -0.3 is 25.0 Å². The standard InChI is InChI=1S/C13H11F3N2O5/c14-6-3-1-4(10-9(21)8(20)5(2-19)23-10)13(22)18-12(3)17-11(16)7(6)15/h1,5,8-10,19-21H,2H2,(H,17,18,22). The Morgan fingerprint density at radius 3 is 2.52 bits per heavy atom. The topological polar surface area (TPSA) is 116 Å². The molecule has 1 fully saturated rings. The van der Waals surface area contributed by atoms with Crippen LogP contribution >= 0.6 is 0 Å². The molecule has 23 heavy (non-hydrogen) atoms. The second-order valence-corrected chi connectivity index (χ2v) is 5.11. The van der Waals surface area contributed by atoms with Gasteiger partial charge in [-0.15, -0.1) is 0 Å². The highest BCUT2D eigenvalue weighted by Gasteiger charge is 2.44. The monoisotopic (exact) mass is 332 g/mol. The van der Waals surface area contributed by atoms with Crippen molar-refractivity contribution in [2.75, 3.05) is 6.61 Å². The molecular formula is C13H11F3N2O5. The molecule has 0 radical (unpaired) electrons. The first-order valence-electron chi connectivity index (χ1n) is 6.55. The average molecular weight is 332 g/mol. The number of halogens is 3. The molecule has 3 heterocycles. The number of nitrogens with zero attached hydrogens (tertiary/aromatic N) is 1. The number of pyridine rings is 2. The summed E-state index contributed by atoms with van der Waals surface area (Å²) in [5, 5.41) is 28.1. The molecule has 124 valence electrons. The van der Waals surface area contributed by atoms with Crippen molar-refractivity contribution in [3.05, 3.63) is 39.6 Å². The minimum absolute atomic E-state index is 0.313. The van der Waals surface area contributed by atoms with Crippen molar-refractivity contribution in [1.82, 2.24) is 9.97 Å². The number of rotatable bonds is 2. The summed E-state index contributed by atoms with van der Waals surface area (Å²) < 4.78 is 45.3. The number of H-pyrrole nitrogens is 1. The Kier molecular flexibility index (Phi) is 3.84. The van der Waals surface area contributed by atoms with Crippen molar-refractivity contribution in [3.8, 4) is 0 Å². The van der Waals surface area contributed by atoms with E-state index >= 15 is 0 Å². The zero-order valence-corrected chi connectivity index (χ0v) is 11.3. The maximum Gasteiger partial charge on any atom is 0.255 e. The lowest BCUT2D eigenvalue weighted by molar-refractivity contribution is -0.0231. The molecule has 2 aromatic heterocycles. The molecule has 3 rings (SSSR count). The molecule has 7 nitrogen and oxygen atoms in total. The number of fused-ring (bicyclic) bond motifs is 1. The number of aromatic nitrogens is 2. The van der Waals surface area contributed by atoms with Crippen molar-refractivity contribution in [2.45, 2.75) is 24.4 Å². The summed E-state index contributed by atoms with van der Waals surface area (Å²) in [4.78, 5) is 17.2. The molecule has 4 atom stereocenters. The van der Waals surface area contributed by atoms with Crippen LogP contribution in [0, 0.1) is 17.6 Å². The number of hydrogen-bond acceptors (Lipinski definition) is 6. The molecule has 0 saturated carbocycles. The first kappa shape index (κ1) is 15.9. The lowest BCUT2D eigenvalue weighted by Gasteiger charge is -2.14. The molecule has 1 aliphatic rings. The number of aromatic amines is 1. The molecule has 0 spiro atoms. The fourth-order valence-corrected chi connectivity index (χ4v) is 2.52. The van der Waals surface area contributed by atoms with E-state index in [9.17, 15) is 28.2 Å². The largest absolute Gasteiger partial charge is 0.394 e. The Hall–Kier alpha value is -2.01. The predicted octanol–water partition coefficient (Wildman–Crippen LogP) is -0.506. The van der Waals surface area contributed by atoms with Crippen LogP contribution in [0.1, 0.15) is 11.7 Å². The van der Waals surface area contributed by atoms with E-state index in [1.165, 1.54) is 0 Å². The minimum Gasteiger partial charge on any atom is -0.394 e. The van der Waals surface area contributed by atoms with E-state index in [1.54, 1.807) is 0 Å². The molecule has 10 heteroatoms. The molecular weight excluding hydrogens is 321 g/mol. The first-order valence-corrected chi connectivity index (χ1v) is 6.55. The van der Waals surface area contributed by atoms with Gasteiger partial charge >= 0.3 is 0 Å². The second kappa shape index (κ2) is 5.57. The van der Waals surface area contributed by atoms with Crippen molar-refractivity contribution in [1.29, 1.82) is 0 Å². The number of aliphatic hydroxyl groups is 3. The highest BCUT2D eigenvalue weighted by atomic mass is 19.2. The van der Waals surface area contributed by atoms with E-state index < -0.39 is 65.2 Å². The summed E-state index contributed by atoms with van der Waals surface area (Å²) in [6, 6.07) is 0.860. The lowest BCUT2D eigenvalue weighted by atomic mass is 10.0.